The van der Waals surface area contributed by atoms with Crippen LogP contribution in [0.15, 0.2) is 6.07 Å². The molecule has 4 heterocycles. The second-order valence-corrected chi connectivity index (χ2v) is 10.9. The van der Waals surface area contributed by atoms with Crippen LogP contribution in [0.2, 0.25) is 0 Å². The molecule has 35 heavy (non-hydrogen) atoms. The predicted octanol–water partition coefficient (Wildman–Crippen LogP) is 4.85. The summed E-state index contributed by atoms with van der Waals surface area (Å²) in [5, 5.41) is 11.4. The molecule has 0 radical (unpaired) electrons. The number of carbonyl (C=O) groups is 1. The van der Waals surface area contributed by atoms with Gasteiger partial charge in [-0.3, -0.25) is 9.89 Å². The first-order valence-corrected chi connectivity index (χ1v) is 14.0. The minimum atomic E-state index is -0.133. The molecule has 1 unspecified atom stereocenters. The maximum atomic E-state index is 13.4. The largest absolute Gasteiger partial charge is 0.341 e. The Bertz CT molecular complexity index is 1040. The van der Waals surface area contributed by atoms with Crippen LogP contribution in [0.5, 0.6) is 0 Å². The first-order valence-electron chi connectivity index (χ1n) is 14.0. The molecule has 2 saturated heterocycles. The van der Waals surface area contributed by atoms with Crippen LogP contribution in [0.4, 0.5) is 17.6 Å². The smallest absolute Gasteiger partial charge is 0.245 e. The van der Waals surface area contributed by atoms with Crippen LogP contribution in [0.25, 0.3) is 0 Å². The van der Waals surface area contributed by atoms with Gasteiger partial charge in [0.05, 0.1) is 5.69 Å². The number of rotatable bonds is 5. The van der Waals surface area contributed by atoms with E-state index in [1.54, 1.807) is 0 Å². The van der Waals surface area contributed by atoms with Gasteiger partial charge >= 0.3 is 0 Å². The summed E-state index contributed by atoms with van der Waals surface area (Å²) in [4.78, 5) is 27.7. The zero-order valence-corrected chi connectivity index (χ0v) is 20.9. The number of hydrogen-bond donors (Lipinski definition) is 2. The van der Waals surface area contributed by atoms with Crippen LogP contribution < -0.4 is 10.2 Å². The number of aromatic nitrogens is 4. The molecule has 3 fully saturated rings. The van der Waals surface area contributed by atoms with Gasteiger partial charge in [-0.15, -0.1) is 0 Å². The molecule has 2 N–H and O–H groups in total. The van der Waals surface area contributed by atoms with Gasteiger partial charge in [-0.25, -0.2) is 4.98 Å². The van der Waals surface area contributed by atoms with Crippen molar-refractivity contribution < 1.29 is 4.79 Å². The number of likely N-dealkylation sites (tertiary alicyclic amines) is 1. The SMILES string of the molecule is O=C(C1CCCN1c1nc2c(c(Nc3cc(C4CCCCC4)[nH]n3)n1)CCCC2)N1CCCCC1. The number of aromatic amines is 1. The summed E-state index contributed by atoms with van der Waals surface area (Å²) in [5.74, 6) is 3.28. The molecular weight excluding hydrogens is 438 g/mol. The zero-order chi connectivity index (χ0) is 23.6. The Morgan fingerprint density at radius 2 is 1.69 bits per heavy atom. The molecule has 1 saturated carbocycles. The topological polar surface area (TPSA) is 90.0 Å². The summed E-state index contributed by atoms with van der Waals surface area (Å²) < 4.78 is 0. The van der Waals surface area contributed by atoms with Gasteiger partial charge < -0.3 is 15.1 Å². The third-order valence-corrected chi connectivity index (χ3v) is 8.52. The molecule has 8 nitrogen and oxygen atoms in total. The lowest BCUT2D eigenvalue weighted by molar-refractivity contribution is -0.133. The van der Waals surface area contributed by atoms with Gasteiger partial charge in [-0.2, -0.15) is 10.1 Å². The van der Waals surface area contributed by atoms with Crippen molar-refractivity contribution in [3.8, 4) is 0 Å². The molecular formula is C27H39N7O. The van der Waals surface area contributed by atoms with Gasteiger partial charge in [-0.05, 0) is 70.6 Å². The molecule has 1 amide bonds. The minimum Gasteiger partial charge on any atom is -0.341 e. The highest BCUT2D eigenvalue weighted by atomic mass is 16.2. The predicted molar refractivity (Wildman–Crippen MR) is 137 cm³/mol. The molecule has 2 aromatic rings. The van der Waals surface area contributed by atoms with Gasteiger partial charge in [0, 0.05) is 42.9 Å². The highest BCUT2D eigenvalue weighted by Crippen LogP contribution is 2.35. The van der Waals surface area contributed by atoms with Crippen molar-refractivity contribution in [3.63, 3.8) is 0 Å². The number of carbonyl (C=O) groups excluding carboxylic acids is 1. The number of amides is 1. The van der Waals surface area contributed by atoms with E-state index < -0.39 is 0 Å². The van der Waals surface area contributed by atoms with Gasteiger partial charge in [-0.1, -0.05) is 19.3 Å². The van der Waals surface area contributed by atoms with Crippen LogP contribution in [0.3, 0.4) is 0 Å². The molecule has 0 spiro atoms. The Morgan fingerprint density at radius 1 is 0.886 bits per heavy atom. The fourth-order valence-electron chi connectivity index (χ4n) is 6.55. The second-order valence-electron chi connectivity index (χ2n) is 10.9. The second kappa shape index (κ2) is 10.2. The maximum Gasteiger partial charge on any atom is 0.245 e. The standard InChI is InChI=1S/C27H39N7O/c35-26(33-15-7-2-8-16-33)23-14-9-17-34(23)27-28-21-13-6-5-12-20(21)25(30-27)29-24-18-22(31-32-24)19-10-3-1-4-11-19/h18-19,23H,1-17H2,(H2,28,29,30,31,32). The summed E-state index contributed by atoms with van der Waals surface area (Å²) in [5.41, 5.74) is 3.60. The van der Waals surface area contributed by atoms with E-state index in [0.29, 0.717) is 11.9 Å². The normalized spacial score (nSPS) is 23.4. The minimum absolute atomic E-state index is 0.133. The molecule has 8 heteroatoms. The molecule has 2 aliphatic heterocycles. The number of aryl methyl sites for hydroxylation is 1. The summed E-state index contributed by atoms with van der Waals surface area (Å²) in [6.45, 7) is 2.63. The number of H-pyrrole nitrogens is 1. The molecule has 2 aliphatic carbocycles. The van der Waals surface area contributed by atoms with Crippen molar-refractivity contribution in [2.45, 2.75) is 102 Å². The van der Waals surface area contributed by atoms with Crippen molar-refractivity contribution >= 4 is 23.5 Å². The average Bonchev–Trinajstić information content (AvgIpc) is 3.59. The monoisotopic (exact) mass is 477 g/mol. The number of fused-ring (bicyclic) bond motifs is 1. The van der Waals surface area contributed by atoms with Crippen LogP contribution >= 0.6 is 0 Å². The van der Waals surface area contributed by atoms with E-state index in [1.807, 2.05) is 0 Å². The lowest BCUT2D eigenvalue weighted by Crippen LogP contribution is -2.48. The number of nitrogens with zero attached hydrogens (tertiary/aromatic N) is 5. The van der Waals surface area contributed by atoms with Crippen LogP contribution in [0.1, 0.15) is 99.9 Å². The lowest BCUT2D eigenvalue weighted by Gasteiger charge is -2.33. The Hall–Kier alpha value is -2.64. The lowest BCUT2D eigenvalue weighted by atomic mass is 9.87. The molecule has 6 rings (SSSR count). The molecule has 0 bridgehead atoms. The van der Waals surface area contributed by atoms with Crippen molar-refractivity contribution in [3.05, 3.63) is 23.0 Å². The molecule has 2 aromatic heterocycles. The number of hydrogen-bond acceptors (Lipinski definition) is 6. The Kier molecular flexibility index (Phi) is 6.61. The third-order valence-electron chi connectivity index (χ3n) is 8.52. The summed E-state index contributed by atoms with van der Waals surface area (Å²) in [7, 11) is 0. The van der Waals surface area contributed by atoms with Crippen molar-refractivity contribution in [1.29, 1.82) is 0 Å². The van der Waals surface area contributed by atoms with E-state index in [1.165, 1.54) is 49.8 Å². The van der Waals surface area contributed by atoms with Gasteiger partial charge in [0.2, 0.25) is 11.9 Å². The quantitative estimate of drug-likeness (QED) is 0.640. The van der Waals surface area contributed by atoms with E-state index in [9.17, 15) is 4.79 Å². The van der Waals surface area contributed by atoms with E-state index in [4.69, 9.17) is 9.97 Å². The molecule has 1 atom stereocenters. The highest BCUT2D eigenvalue weighted by molar-refractivity contribution is 5.85. The summed E-state index contributed by atoms with van der Waals surface area (Å²) >= 11 is 0. The fraction of sp³-hybridized carbons (Fsp3) is 0.704. The van der Waals surface area contributed by atoms with Crippen LogP contribution in [-0.2, 0) is 17.6 Å². The van der Waals surface area contributed by atoms with E-state index in [-0.39, 0.29) is 11.9 Å². The number of piperidine rings is 1. The Balaban J connectivity index is 1.26. The Labute approximate surface area is 208 Å². The molecule has 188 valence electrons. The first-order chi connectivity index (χ1) is 17.3. The van der Waals surface area contributed by atoms with Crippen molar-refractivity contribution in [1.82, 2.24) is 25.1 Å². The van der Waals surface area contributed by atoms with Crippen LogP contribution in [-0.4, -0.2) is 56.6 Å². The molecule has 0 aromatic carbocycles. The van der Waals surface area contributed by atoms with Crippen LogP contribution in [0, 0.1) is 0 Å². The number of anilines is 3. The van der Waals surface area contributed by atoms with E-state index in [2.05, 4.69) is 31.4 Å². The van der Waals surface area contributed by atoms with E-state index >= 15 is 0 Å². The average molecular weight is 478 g/mol. The highest BCUT2D eigenvalue weighted by Gasteiger charge is 2.36. The summed E-state index contributed by atoms with van der Waals surface area (Å²) in [6.07, 6.45) is 16.1. The fourth-order valence-corrected chi connectivity index (χ4v) is 6.55. The maximum absolute atomic E-state index is 13.4. The van der Waals surface area contributed by atoms with Gasteiger partial charge in [0.25, 0.3) is 0 Å². The summed E-state index contributed by atoms with van der Waals surface area (Å²) in [6, 6.07) is 2.04. The molecule has 4 aliphatic rings. The van der Waals surface area contributed by atoms with Gasteiger partial charge in [0.1, 0.15) is 11.9 Å². The van der Waals surface area contributed by atoms with Crippen molar-refractivity contribution in [2.75, 3.05) is 29.9 Å². The zero-order valence-electron chi connectivity index (χ0n) is 20.9. The number of nitrogens with one attached hydrogen (secondary N) is 2. The Morgan fingerprint density at radius 3 is 2.54 bits per heavy atom. The first kappa shape index (κ1) is 22.8. The van der Waals surface area contributed by atoms with Crippen molar-refractivity contribution in [2.24, 2.45) is 0 Å². The van der Waals surface area contributed by atoms with Gasteiger partial charge in [0.15, 0.2) is 5.82 Å². The third kappa shape index (κ3) is 4.76. The van der Waals surface area contributed by atoms with E-state index in [0.717, 1.165) is 88.3 Å².